The third-order valence-corrected chi connectivity index (χ3v) is 6.53. The number of para-hydroxylation sites is 1. The van der Waals surface area contributed by atoms with Crippen LogP contribution in [0.3, 0.4) is 0 Å². The van der Waals surface area contributed by atoms with Crippen molar-refractivity contribution >= 4 is 27.5 Å². The normalized spacial score (nSPS) is 10.9. The molecule has 0 saturated carbocycles. The van der Waals surface area contributed by atoms with E-state index in [4.69, 9.17) is 0 Å². The van der Waals surface area contributed by atoms with E-state index in [1.165, 1.54) is 29.6 Å². The van der Waals surface area contributed by atoms with Gasteiger partial charge in [0.2, 0.25) is 0 Å². The van der Waals surface area contributed by atoms with Gasteiger partial charge in [-0.1, -0.05) is 36.4 Å². The van der Waals surface area contributed by atoms with Gasteiger partial charge in [0.05, 0.1) is 10.6 Å². The summed E-state index contributed by atoms with van der Waals surface area (Å²) in [5, 5.41) is 5.31. The lowest BCUT2D eigenvalue weighted by Crippen LogP contribution is -2.27. The summed E-state index contributed by atoms with van der Waals surface area (Å²) < 4.78 is 27.1. The number of benzene rings is 3. The quantitative estimate of drug-likeness (QED) is 0.594. The van der Waals surface area contributed by atoms with Crippen LogP contribution in [0.25, 0.3) is 0 Å². The van der Waals surface area contributed by atoms with Crippen LogP contribution in [0, 0.1) is 0 Å². The fourth-order valence-electron chi connectivity index (χ4n) is 2.98. The van der Waals surface area contributed by atoms with Crippen LogP contribution in [0.4, 0.5) is 5.69 Å². The molecule has 7 nitrogen and oxygen atoms in total. The van der Waals surface area contributed by atoms with E-state index in [0.29, 0.717) is 11.3 Å². The molecule has 0 heterocycles. The molecule has 0 aromatic heterocycles. The highest BCUT2D eigenvalue weighted by Gasteiger charge is 2.22. The van der Waals surface area contributed by atoms with Gasteiger partial charge in [-0.3, -0.25) is 13.9 Å². The second-order valence-corrected chi connectivity index (χ2v) is 8.77. The molecule has 2 N–H and O–H groups in total. The summed E-state index contributed by atoms with van der Waals surface area (Å²) >= 11 is 0. The summed E-state index contributed by atoms with van der Waals surface area (Å²) in [6.07, 6.45) is 0. The summed E-state index contributed by atoms with van der Waals surface area (Å²) in [6.45, 7) is 0.199. The van der Waals surface area contributed by atoms with E-state index >= 15 is 0 Å². The number of sulfonamides is 1. The zero-order valence-corrected chi connectivity index (χ0v) is 18.0. The summed E-state index contributed by atoms with van der Waals surface area (Å²) in [7, 11) is -0.807. The zero-order chi connectivity index (χ0) is 22.4. The second-order valence-electron chi connectivity index (χ2n) is 6.80. The van der Waals surface area contributed by atoms with Crippen molar-refractivity contribution in [3.8, 4) is 0 Å². The van der Waals surface area contributed by atoms with E-state index in [2.05, 4.69) is 10.6 Å². The number of rotatable bonds is 7. The van der Waals surface area contributed by atoms with E-state index in [0.717, 1.165) is 5.56 Å². The van der Waals surface area contributed by atoms with Crippen molar-refractivity contribution in [3.63, 3.8) is 0 Å². The highest BCUT2D eigenvalue weighted by atomic mass is 32.2. The van der Waals surface area contributed by atoms with Gasteiger partial charge in [0.1, 0.15) is 0 Å². The minimum atomic E-state index is -3.82. The second kappa shape index (κ2) is 9.44. The summed E-state index contributed by atoms with van der Waals surface area (Å²) in [5.41, 5.74) is 1.99. The molecule has 0 saturated heterocycles. The first-order chi connectivity index (χ1) is 14.8. The Morgan fingerprint density at radius 1 is 0.839 bits per heavy atom. The number of carbonyl (C=O) groups is 2. The minimum absolute atomic E-state index is 0.0214. The third-order valence-electron chi connectivity index (χ3n) is 4.74. The molecule has 0 aliphatic carbocycles. The van der Waals surface area contributed by atoms with E-state index in [-0.39, 0.29) is 22.9 Å². The molecule has 3 aromatic rings. The lowest BCUT2D eigenvalue weighted by molar-refractivity contribution is 0.0948. The molecule has 0 atom stereocenters. The van der Waals surface area contributed by atoms with E-state index in [9.17, 15) is 18.0 Å². The van der Waals surface area contributed by atoms with Gasteiger partial charge in [-0.15, -0.1) is 0 Å². The predicted molar refractivity (Wildman–Crippen MR) is 119 cm³/mol. The molecule has 0 aliphatic rings. The molecule has 0 unspecified atom stereocenters. The molecule has 0 bridgehead atoms. The molecule has 0 aliphatic heterocycles. The summed E-state index contributed by atoms with van der Waals surface area (Å²) in [6, 6.07) is 21.5. The molecule has 8 heteroatoms. The number of nitrogens with zero attached hydrogens (tertiary/aromatic N) is 1. The largest absolute Gasteiger partial charge is 0.355 e. The van der Waals surface area contributed by atoms with Gasteiger partial charge < -0.3 is 10.6 Å². The van der Waals surface area contributed by atoms with E-state index in [1.807, 2.05) is 0 Å². The molecular weight excluding hydrogens is 414 g/mol. The van der Waals surface area contributed by atoms with Gasteiger partial charge >= 0.3 is 0 Å². The standard InChI is InChI=1S/C23H23N3O4S/c1-24-22(27)18-9-6-8-17(14-18)16-25-23(28)19-10-7-13-21(15-19)31(29,30)26(2)20-11-4-3-5-12-20/h3-15H,16H2,1-2H3,(H,24,27)(H,25,28). The average Bonchev–Trinajstić information content (AvgIpc) is 2.82. The van der Waals surface area contributed by atoms with Crippen LogP contribution in [0.15, 0.2) is 83.8 Å². The van der Waals surface area contributed by atoms with E-state index < -0.39 is 15.9 Å². The fourth-order valence-corrected chi connectivity index (χ4v) is 4.23. The molecule has 3 aromatic carbocycles. The van der Waals surface area contributed by atoms with Crippen molar-refractivity contribution in [3.05, 3.63) is 95.6 Å². The molecule has 0 spiro atoms. The van der Waals surface area contributed by atoms with Gasteiger partial charge in [-0.2, -0.15) is 0 Å². The Kier molecular flexibility index (Phi) is 6.71. The van der Waals surface area contributed by atoms with Crippen molar-refractivity contribution in [2.24, 2.45) is 0 Å². The Labute approximate surface area is 181 Å². The molecule has 3 rings (SSSR count). The Morgan fingerprint density at radius 3 is 2.16 bits per heavy atom. The number of anilines is 1. The maximum atomic E-state index is 13.0. The minimum Gasteiger partial charge on any atom is -0.355 e. The van der Waals surface area contributed by atoms with Crippen LogP contribution in [-0.2, 0) is 16.6 Å². The van der Waals surface area contributed by atoms with Gasteiger partial charge in [0.25, 0.3) is 21.8 Å². The molecule has 0 radical (unpaired) electrons. The molecule has 160 valence electrons. The van der Waals surface area contributed by atoms with E-state index in [1.54, 1.807) is 67.7 Å². The first-order valence-corrected chi connectivity index (χ1v) is 11.0. The van der Waals surface area contributed by atoms with Crippen molar-refractivity contribution in [1.29, 1.82) is 0 Å². The highest BCUT2D eigenvalue weighted by Crippen LogP contribution is 2.22. The molecule has 31 heavy (non-hydrogen) atoms. The first kappa shape index (κ1) is 22.0. The van der Waals surface area contributed by atoms with Crippen LogP contribution in [-0.4, -0.2) is 34.3 Å². The van der Waals surface area contributed by atoms with Gasteiger partial charge in [-0.05, 0) is 48.0 Å². The lowest BCUT2D eigenvalue weighted by atomic mass is 10.1. The Morgan fingerprint density at radius 2 is 1.48 bits per heavy atom. The number of nitrogens with one attached hydrogen (secondary N) is 2. The van der Waals surface area contributed by atoms with Crippen molar-refractivity contribution in [2.45, 2.75) is 11.4 Å². The number of amides is 2. The smallest absolute Gasteiger partial charge is 0.264 e. The van der Waals surface area contributed by atoms with Gasteiger partial charge in [0.15, 0.2) is 0 Å². The number of hydrogen-bond donors (Lipinski definition) is 2. The van der Waals surface area contributed by atoms with Crippen molar-refractivity contribution in [1.82, 2.24) is 10.6 Å². The van der Waals surface area contributed by atoms with Crippen LogP contribution >= 0.6 is 0 Å². The van der Waals surface area contributed by atoms with Gasteiger partial charge in [-0.25, -0.2) is 8.42 Å². The lowest BCUT2D eigenvalue weighted by Gasteiger charge is -2.19. The zero-order valence-electron chi connectivity index (χ0n) is 17.2. The molecule has 0 fully saturated rings. The predicted octanol–water partition coefficient (Wildman–Crippen LogP) is 2.80. The SMILES string of the molecule is CNC(=O)c1cccc(CNC(=O)c2cccc(S(=O)(=O)N(C)c3ccccc3)c2)c1. The first-order valence-electron chi connectivity index (χ1n) is 9.56. The number of carbonyl (C=O) groups excluding carboxylic acids is 2. The van der Waals surface area contributed by atoms with Crippen LogP contribution in [0.5, 0.6) is 0 Å². The average molecular weight is 438 g/mol. The van der Waals surface area contributed by atoms with Gasteiger partial charge in [0, 0.05) is 31.8 Å². The molecule has 2 amide bonds. The topological polar surface area (TPSA) is 95.6 Å². The highest BCUT2D eigenvalue weighted by molar-refractivity contribution is 7.92. The van der Waals surface area contributed by atoms with Crippen molar-refractivity contribution < 1.29 is 18.0 Å². The maximum absolute atomic E-state index is 13.0. The Hall–Kier alpha value is -3.65. The monoisotopic (exact) mass is 437 g/mol. The van der Waals surface area contributed by atoms with Crippen LogP contribution in [0.2, 0.25) is 0 Å². The summed E-state index contributed by atoms with van der Waals surface area (Å²) in [5.74, 6) is -0.626. The third kappa shape index (κ3) is 5.10. The van der Waals surface area contributed by atoms with Crippen LogP contribution in [0.1, 0.15) is 26.3 Å². The Balaban J connectivity index is 1.75. The Bertz CT molecular complexity index is 1190. The maximum Gasteiger partial charge on any atom is 0.264 e. The number of hydrogen-bond acceptors (Lipinski definition) is 4. The van der Waals surface area contributed by atoms with Crippen molar-refractivity contribution in [2.75, 3.05) is 18.4 Å². The van der Waals surface area contributed by atoms with Crippen LogP contribution < -0.4 is 14.9 Å². The molecular formula is C23H23N3O4S. The fraction of sp³-hybridized carbons (Fsp3) is 0.130. The summed E-state index contributed by atoms with van der Waals surface area (Å²) in [4.78, 5) is 24.4.